The smallest absolute Gasteiger partial charge is 0.231 e. The molecular weight excluding hydrogens is 305 g/mol. The Morgan fingerprint density at radius 3 is 2.71 bits per heavy atom. The average molecular weight is 327 g/mol. The van der Waals surface area contributed by atoms with Crippen molar-refractivity contribution in [3.63, 3.8) is 0 Å². The molecule has 0 bridgehead atoms. The van der Waals surface area contributed by atoms with Gasteiger partial charge in [0.1, 0.15) is 5.82 Å². The Morgan fingerprint density at radius 1 is 1.29 bits per heavy atom. The second kappa shape index (κ2) is 6.04. The van der Waals surface area contributed by atoms with Crippen LogP contribution in [0.4, 0.5) is 10.1 Å². The third-order valence-corrected chi connectivity index (χ3v) is 5.30. The third kappa shape index (κ3) is 2.72. The van der Waals surface area contributed by atoms with Crippen molar-refractivity contribution in [2.45, 2.75) is 44.1 Å². The van der Waals surface area contributed by atoms with E-state index in [1.165, 1.54) is 6.07 Å². The maximum atomic E-state index is 14.4. The first kappa shape index (κ1) is 15.4. The molecule has 0 radical (unpaired) electrons. The number of rotatable bonds is 4. The first-order valence-corrected chi connectivity index (χ1v) is 8.71. The molecule has 126 valence electrons. The largest absolute Gasteiger partial charge is 0.306 e. The van der Waals surface area contributed by atoms with Gasteiger partial charge in [-0.1, -0.05) is 25.0 Å². The fraction of sp³-hybridized carbons (Fsp3) is 0.474. The number of aryl methyl sites for hydroxylation is 1. The summed E-state index contributed by atoms with van der Waals surface area (Å²) in [6, 6.07) is 6.78. The zero-order valence-corrected chi connectivity index (χ0v) is 13.9. The highest BCUT2D eigenvalue weighted by Gasteiger charge is 2.48. The minimum atomic E-state index is -0.309. The number of benzene rings is 1. The zero-order valence-electron chi connectivity index (χ0n) is 13.9. The fourth-order valence-corrected chi connectivity index (χ4v) is 3.95. The number of para-hydroxylation sites is 1. The van der Waals surface area contributed by atoms with Crippen molar-refractivity contribution in [3.05, 3.63) is 48.0 Å². The van der Waals surface area contributed by atoms with Crippen LogP contribution in [-0.4, -0.2) is 21.7 Å². The summed E-state index contributed by atoms with van der Waals surface area (Å²) in [5, 5.41) is 4.20. The molecule has 2 aliphatic carbocycles. The van der Waals surface area contributed by atoms with Crippen LogP contribution in [0.5, 0.6) is 0 Å². The second-order valence-electron chi connectivity index (χ2n) is 6.99. The van der Waals surface area contributed by atoms with Gasteiger partial charge >= 0.3 is 0 Å². The summed E-state index contributed by atoms with van der Waals surface area (Å²) < 4.78 is 16.1. The van der Waals surface area contributed by atoms with Crippen LogP contribution in [0.25, 0.3) is 0 Å². The number of anilines is 1. The summed E-state index contributed by atoms with van der Waals surface area (Å²) in [4.78, 5) is 14.9. The Morgan fingerprint density at radius 2 is 2.04 bits per heavy atom. The summed E-state index contributed by atoms with van der Waals surface area (Å²) in [7, 11) is 1.88. The topological polar surface area (TPSA) is 38.1 Å². The van der Waals surface area contributed by atoms with E-state index in [1.807, 2.05) is 19.4 Å². The lowest BCUT2D eigenvalue weighted by molar-refractivity contribution is -0.120. The molecule has 0 unspecified atom stereocenters. The Labute approximate surface area is 141 Å². The van der Waals surface area contributed by atoms with Gasteiger partial charge in [0.25, 0.3) is 0 Å². The molecule has 24 heavy (non-hydrogen) atoms. The molecule has 1 amide bonds. The molecule has 5 heteroatoms. The van der Waals surface area contributed by atoms with Gasteiger partial charge in [0.2, 0.25) is 5.91 Å². The van der Waals surface area contributed by atoms with Gasteiger partial charge in [0.05, 0.1) is 11.9 Å². The van der Waals surface area contributed by atoms with Crippen molar-refractivity contribution in [2.24, 2.45) is 13.0 Å². The predicted octanol–water partition coefficient (Wildman–Crippen LogP) is 3.64. The summed E-state index contributed by atoms with van der Waals surface area (Å²) >= 11 is 0. The van der Waals surface area contributed by atoms with Crippen molar-refractivity contribution in [2.75, 3.05) is 4.90 Å². The molecule has 1 aromatic heterocycles. The van der Waals surface area contributed by atoms with Crippen molar-refractivity contribution in [1.29, 1.82) is 0 Å². The van der Waals surface area contributed by atoms with Crippen LogP contribution in [0, 0.1) is 11.7 Å². The van der Waals surface area contributed by atoms with Gasteiger partial charge in [-0.05, 0) is 42.9 Å². The molecule has 0 aliphatic heterocycles. The molecule has 2 atom stereocenters. The Balaban J connectivity index is 1.60. The lowest BCUT2D eigenvalue weighted by atomic mass is 10.1. The number of hydrogen-bond donors (Lipinski definition) is 0. The van der Waals surface area contributed by atoms with Gasteiger partial charge in [-0.3, -0.25) is 9.48 Å². The van der Waals surface area contributed by atoms with Gasteiger partial charge in [-0.25, -0.2) is 4.39 Å². The molecule has 0 saturated heterocycles. The lowest BCUT2D eigenvalue weighted by Gasteiger charge is -2.29. The standard InChI is InChI=1S/C19H22FN3O/c1-22-12-13(11-21-22)15-10-16(15)19(24)23(14-6-2-3-7-14)18-9-5-4-8-17(18)20/h4-5,8-9,11-12,14-16H,2-3,6-7,10H2,1H3/t15-,16+/m1/s1. The monoisotopic (exact) mass is 327 g/mol. The average Bonchev–Trinajstić information content (AvgIpc) is 2.97. The Bertz CT molecular complexity index is 751. The number of carbonyl (C=O) groups is 1. The van der Waals surface area contributed by atoms with E-state index in [0.29, 0.717) is 5.69 Å². The molecular formula is C19H22FN3O. The van der Waals surface area contributed by atoms with Crippen LogP contribution < -0.4 is 4.90 Å². The molecule has 1 aromatic carbocycles. The van der Waals surface area contributed by atoms with E-state index in [9.17, 15) is 9.18 Å². The summed E-state index contributed by atoms with van der Waals surface area (Å²) in [6.07, 6.45) is 8.79. The number of nitrogens with zero attached hydrogens (tertiary/aromatic N) is 3. The van der Waals surface area contributed by atoms with Crippen molar-refractivity contribution in [1.82, 2.24) is 9.78 Å². The summed E-state index contributed by atoms with van der Waals surface area (Å²) in [5.74, 6) is -0.0616. The quantitative estimate of drug-likeness (QED) is 0.860. The van der Waals surface area contributed by atoms with Crippen molar-refractivity contribution >= 4 is 11.6 Å². The number of halogens is 1. The van der Waals surface area contributed by atoms with E-state index in [1.54, 1.807) is 27.8 Å². The molecule has 0 N–H and O–H groups in total. The van der Waals surface area contributed by atoms with E-state index in [4.69, 9.17) is 0 Å². The Hall–Kier alpha value is -2.17. The van der Waals surface area contributed by atoms with Crippen LogP contribution in [0.2, 0.25) is 0 Å². The molecule has 4 nitrogen and oxygen atoms in total. The molecule has 2 aliphatic rings. The van der Waals surface area contributed by atoms with Crippen LogP contribution in [-0.2, 0) is 11.8 Å². The SMILES string of the molecule is Cn1cc([C@H]2C[C@@H]2C(=O)N(c2ccccc2F)C2CCCC2)cn1. The minimum Gasteiger partial charge on any atom is -0.306 e. The zero-order chi connectivity index (χ0) is 16.7. The predicted molar refractivity (Wildman–Crippen MR) is 90.2 cm³/mol. The fourth-order valence-electron chi connectivity index (χ4n) is 3.95. The van der Waals surface area contributed by atoms with Crippen molar-refractivity contribution in [3.8, 4) is 0 Å². The van der Waals surface area contributed by atoms with Crippen LogP contribution in [0.15, 0.2) is 36.7 Å². The maximum absolute atomic E-state index is 14.4. The van der Waals surface area contributed by atoms with Gasteiger partial charge < -0.3 is 4.90 Å². The molecule has 0 spiro atoms. The number of amides is 1. The van der Waals surface area contributed by atoms with Crippen LogP contribution >= 0.6 is 0 Å². The molecule has 2 fully saturated rings. The van der Waals surface area contributed by atoms with Crippen LogP contribution in [0.3, 0.4) is 0 Å². The highest BCUT2D eigenvalue weighted by molar-refractivity contribution is 5.98. The number of hydrogen-bond acceptors (Lipinski definition) is 2. The van der Waals surface area contributed by atoms with Crippen LogP contribution in [0.1, 0.15) is 43.6 Å². The normalized spacial score (nSPS) is 23.4. The van der Waals surface area contributed by atoms with Gasteiger partial charge in [0.15, 0.2) is 0 Å². The third-order valence-electron chi connectivity index (χ3n) is 5.30. The number of aromatic nitrogens is 2. The summed E-state index contributed by atoms with van der Waals surface area (Å²) in [5.41, 5.74) is 1.54. The van der Waals surface area contributed by atoms with E-state index in [-0.39, 0.29) is 29.6 Å². The van der Waals surface area contributed by atoms with E-state index < -0.39 is 0 Å². The lowest BCUT2D eigenvalue weighted by Crippen LogP contribution is -2.40. The molecule has 2 saturated carbocycles. The number of carbonyl (C=O) groups excluding carboxylic acids is 1. The second-order valence-corrected chi connectivity index (χ2v) is 6.99. The minimum absolute atomic E-state index is 0.0468. The van der Waals surface area contributed by atoms with Gasteiger partial charge in [-0.15, -0.1) is 0 Å². The highest BCUT2D eigenvalue weighted by atomic mass is 19.1. The highest BCUT2D eigenvalue weighted by Crippen LogP contribution is 2.49. The Kier molecular flexibility index (Phi) is 3.87. The van der Waals surface area contributed by atoms with Crippen molar-refractivity contribution < 1.29 is 9.18 Å². The molecule has 1 heterocycles. The summed E-state index contributed by atoms with van der Waals surface area (Å²) in [6.45, 7) is 0. The molecule has 2 aromatic rings. The molecule has 4 rings (SSSR count). The van der Waals surface area contributed by atoms with E-state index in [2.05, 4.69) is 5.10 Å². The van der Waals surface area contributed by atoms with Gasteiger partial charge in [0, 0.05) is 25.2 Å². The maximum Gasteiger partial charge on any atom is 0.231 e. The first-order valence-electron chi connectivity index (χ1n) is 8.71. The van der Waals surface area contributed by atoms with Gasteiger partial charge in [-0.2, -0.15) is 5.10 Å². The first-order chi connectivity index (χ1) is 11.6. The van der Waals surface area contributed by atoms with E-state index >= 15 is 0 Å². The van der Waals surface area contributed by atoms with E-state index in [0.717, 1.165) is 37.7 Å².